The molecule has 1 aliphatic heterocycles. The van der Waals surface area contributed by atoms with Crippen molar-refractivity contribution in [3.8, 4) is 0 Å². The molecule has 0 bridgehead atoms. The zero-order valence-electron chi connectivity index (χ0n) is 10.4. The lowest BCUT2D eigenvalue weighted by atomic mass is 10.1. The molecule has 17 heavy (non-hydrogen) atoms. The van der Waals surface area contributed by atoms with Crippen LogP contribution in [0.25, 0.3) is 0 Å². The van der Waals surface area contributed by atoms with E-state index in [0.29, 0.717) is 13.2 Å². The van der Waals surface area contributed by atoms with Gasteiger partial charge in [-0.1, -0.05) is 6.92 Å². The van der Waals surface area contributed by atoms with E-state index in [1.807, 2.05) is 6.92 Å². The molecule has 0 spiro atoms. The SMILES string of the molecule is CCC(N)CC(=O)N1CCOCC1C(=O)NC. The van der Waals surface area contributed by atoms with Gasteiger partial charge in [0.1, 0.15) is 6.04 Å². The molecule has 6 nitrogen and oxygen atoms in total. The molecule has 1 saturated heterocycles. The Morgan fingerprint density at radius 3 is 2.88 bits per heavy atom. The van der Waals surface area contributed by atoms with Crippen molar-refractivity contribution in [2.45, 2.75) is 31.8 Å². The number of amides is 2. The molecule has 1 rings (SSSR count). The molecule has 2 unspecified atom stereocenters. The van der Waals surface area contributed by atoms with Crippen LogP contribution < -0.4 is 11.1 Å². The van der Waals surface area contributed by atoms with Gasteiger partial charge in [0.05, 0.1) is 13.2 Å². The number of hydrogen-bond donors (Lipinski definition) is 2. The highest BCUT2D eigenvalue weighted by molar-refractivity contribution is 5.88. The van der Waals surface area contributed by atoms with E-state index in [1.165, 1.54) is 0 Å². The number of nitrogens with zero attached hydrogens (tertiary/aromatic N) is 1. The van der Waals surface area contributed by atoms with Gasteiger partial charge in [-0.15, -0.1) is 0 Å². The monoisotopic (exact) mass is 243 g/mol. The van der Waals surface area contributed by atoms with E-state index in [1.54, 1.807) is 11.9 Å². The number of hydrogen-bond acceptors (Lipinski definition) is 4. The minimum absolute atomic E-state index is 0.0729. The quantitative estimate of drug-likeness (QED) is 0.669. The van der Waals surface area contributed by atoms with Crippen molar-refractivity contribution in [2.75, 3.05) is 26.8 Å². The Hall–Kier alpha value is -1.14. The van der Waals surface area contributed by atoms with E-state index in [4.69, 9.17) is 10.5 Å². The first kappa shape index (κ1) is 13.9. The van der Waals surface area contributed by atoms with Gasteiger partial charge < -0.3 is 20.7 Å². The minimum Gasteiger partial charge on any atom is -0.377 e. The van der Waals surface area contributed by atoms with Crippen LogP contribution in [0.1, 0.15) is 19.8 Å². The maximum atomic E-state index is 12.0. The first-order valence-corrected chi connectivity index (χ1v) is 5.94. The van der Waals surface area contributed by atoms with Crippen molar-refractivity contribution < 1.29 is 14.3 Å². The molecule has 2 amide bonds. The summed E-state index contributed by atoms with van der Waals surface area (Å²) in [6, 6.07) is -0.666. The van der Waals surface area contributed by atoms with Crippen molar-refractivity contribution in [3.05, 3.63) is 0 Å². The number of carbonyl (C=O) groups is 2. The normalized spacial score (nSPS) is 22.1. The third-order valence-corrected chi connectivity index (χ3v) is 2.96. The summed E-state index contributed by atoms with van der Waals surface area (Å²) < 4.78 is 5.23. The van der Waals surface area contributed by atoms with Gasteiger partial charge in [0, 0.05) is 26.1 Å². The largest absolute Gasteiger partial charge is 0.377 e. The highest BCUT2D eigenvalue weighted by Gasteiger charge is 2.32. The number of ether oxygens (including phenoxy) is 1. The van der Waals surface area contributed by atoms with Crippen molar-refractivity contribution in [2.24, 2.45) is 5.73 Å². The topological polar surface area (TPSA) is 84.7 Å². The van der Waals surface area contributed by atoms with Crippen LogP contribution in [0.15, 0.2) is 0 Å². The molecular formula is C11H21N3O3. The molecule has 0 aliphatic carbocycles. The van der Waals surface area contributed by atoms with Crippen LogP contribution in [0.2, 0.25) is 0 Å². The summed E-state index contributed by atoms with van der Waals surface area (Å²) in [6.07, 6.45) is 1.03. The van der Waals surface area contributed by atoms with Gasteiger partial charge in [-0.2, -0.15) is 0 Å². The van der Waals surface area contributed by atoms with Crippen LogP contribution >= 0.6 is 0 Å². The molecule has 1 fully saturated rings. The summed E-state index contributed by atoms with van der Waals surface area (Å²) in [6.45, 7) is 3.12. The number of nitrogens with two attached hydrogens (primary N) is 1. The fourth-order valence-corrected chi connectivity index (χ4v) is 1.77. The van der Waals surface area contributed by atoms with E-state index in [0.717, 1.165) is 6.42 Å². The van der Waals surface area contributed by atoms with Gasteiger partial charge in [-0.05, 0) is 6.42 Å². The Balaban J connectivity index is 2.64. The second-order valence-electron chi connectivity index (χ2n) is 4.16. The molecule has 0 radical (unpaired) electrons. The van der Waals surface area contributed by atoms with Crippen molar-refractivity contribution in [1.29, 1.82) is 0 Å². The molecule has 0 saturated carbocycles. The van der Waals surface area contributed by atoms with Gasteiger partial charge in [-0.3, -0.25) is 9.59 Å². The van der Waals surface area contributed by atoms with Gasteiger partial charge in [-0.25, -0.2) is 0 Å². The Morgan fingerprint density at radius 2 is 2.29 bits per heavy atom. The van der Waals surface area contributed by atoms with E-state index >= 15 is 0 Å². The first-order valence-electron chi connectivity index (χ1n) is 5.94. The van der Waals surface area contributed by atoms with Crippen molar-refractivity contribution >= 4 is 11.8 Å². The van der Waals surface area contributed by atoms with E-state index in [9.17, 15) is 9.59 Å². The minimum atomic E-state index is -0.523. The standard InChI is InChI=1S/C11H21N3O3/c1-3-8(12)6-10(15)14-4-5-17-7-9(14)11(16)13-2/h8-9H,3-7,12H2,1-2H3,(H,13,16). The molecule has 0 aromatic rings. The lowest BCUT2D eigenvalue weighted by Crippen LogP contribution is -2.56. The van der Waals surface area contributed by atoms with Gasteiger partial charge >= 0.3 is 0 Å². The van der Waals surface area contributed by atoms with Crippen molar-refractivity contribution in [1.82, 2.24) is 10.2 Å². The molecule has 2 atom stereocenters. The number of rotatable bonds is 4. The fourth-order valence-electron chi connectivity index (χ4n) is 1.77. The van der Waals surface area contributed by atoms with Crippen LogP contribution in [0.4, 0.5) is 0 Å². The highest BCUT2D eigenvalue weighted by atomic mass is 16.5. The Labute approximate surface area is 101 Å². The molecular weight excluding hydrogens is 222 g/mol. The van der Waals surface area contributed by atoms with E-state index in [2.05, 4.69) is 5.32 Å². The number of morpholine rings is 1. The predicted molar refractivity (Wildman–Crippen MR) is 63.3 cm³/mol. The average molecular weight is 243 g/mol. The van der Waals surface area contributed by atoms with E-state index < -0.39 is 6.04 Å². The van der Waals surface area contributed by atoms with Gasteiger partial charge in [0.2, 0.25) is 11.8 Å². The maximum absolute atomic E-state index is 12.0. The molecule has 0 aromatic heterocycles. The van der Waals surface area contributed by atoms with Crippen LogP contribution in [0, 0.1) is 0 Å². The molecule has 0 aromatic carbocycles. The highest BCUT2D eigenvalue weighted by Crippen LogP contribution is 2.10. The van der Waals surface area contributed by atoms with Gasteiger partial charge in [0.25, 0.3) is 0 Å². The number of nitrogens with one attached hydrogen (secondary N) is 1. The zero-order valence-corrected chi connectivity index (χ0v) is 10.4. The Bertz CT molecular complexity index is 283. The molecule has 1 aliphatic rings. The summed E-state index contributed by atoms with van der Waals surface area (Å²) in [7, 11) is 1.55. The maximum Gasteiger partial charge on any atom is 0.244 e. The third-order valence-electron chi connectivity index (χ3n) is 2.96. The van der Waals surface area contributed by atoms with Crippen LogP contribution in [-0.2, 0) is 14.3 Å². The lowest BCUT2D eigenvalue weighted by Gasteiger charge is -2.34. The molecule has 98 valence electrons. The smallest absolute Gasteiger partial charge is 0.244 e. The Kier molecular flexibility index (Phi) is 5.37. The second-order valence-corrected chi connectivity index (χ2v) is 4.16. The Morgan fingerprint density at radius 1 is 1.59 bits per heavy atom. The zero-order chi connectivity index (χ0) is 12.8. The third kappa shape index (κ3) is 3.67. The summed E-state index contributed by atoms with van der Waals surface area (Å²) >= 11 is 0. The molecule has 3 N–H and O–H groups in total. The van der Waals surface area contributed by atoms with E-state index in [-0.39, 0.29) is 30.9 Å². The van der Waals surface area contributed by atoms with Crippen LogP contribution in [0.5, 0.6) is 0 Å². The number of carbonyl (C=O) groups excluding carboxylic acids is 2. The second kappa shape index (κ2) is 6.56. The summed E-state index contributed by atoms with van der Waals surface area (Å²) in [4.78, 5) is 25.2. The van der Waals surface area contributed by atoms with Crippen molar-refractivity contribution in [3.63, 3.8) is 0 Å². The van der Waals surface area contributed by atoms with Gasteiger partial charge in [0.15, 0.2) is 0 Å². The summed E-state index contributed by atoms with van der Waals surface area (Å²) in [5, 5.41) is 2.54. The predicted octanol–water partition coefficient (Wildman–Crippen LogP) is -0.913. The van der Waals surface area contributed by atoms with Crippen LogP contribution in [-0.4, -0.2) is 55.6 Å². The molecule has 6 heteroatoms. The summed E-state index contributed by atoms with van der Waals surface area (Å²) in [5.74, 6) is -0.264. The molecule has 1 heterocycles. The fraction of sp³-hybridized carbons (Fsp3) is 0.818. The lowest BCUT2D eigenvalue weighted by molar-refractivity contribution is -0.148. The first-order chi connectivity index (χ1) is 8.10. The number of likely N-dealkylation sites (N-methyl/N-ethyl adjacent to an activating group) is 1. The average Bonchev–Trinajstić information content (AvgIpc) is 2.37. The summed E-state index contributed by atoms with van der Waals surface area (Å²) in [5.41, 5.74) is 5.76. The van der Waals surface area contributed by atoms with Crippen LogP contribution in [0.3, 0.4) is 0 Å².